The molecule has 1 aliphatic rings. The normalized spacial score (nSPS) is 26.4. The van der Waals surface area contributed by atoms with Gasteiger partial charge < -0.3 is 10.6 Å². The Balaban J connectivity index is 2.13. The zero-order valence-corrected chi connectivity index (χ0v) is 9.82. The fourth-order valence-electron chi connectivity index (χ4n) is 1.84. The second-order valence-corrected chi connectivity index (χ2v) is 5.22. The van der Waals surface area contributed by atoms with Crippen molar-refractivity contribution in [1.82, 2.24) is 10.6 Å². The molecule has 14 heavy (non-hydrogen) atoms. The number of nitrogens with one attached hydrogen (secondary N) is 2. The predicted molar refractivity (Wildman–Crippen MR) is 61.6 cm³/mol. The Morgan fingerprint density at radius 2 is 2.29 bits per heavy atom. The van der Waals surface area contributed by atoms with Crippen LogP contribution in [0, 0.1) is 0 Å². The molecule has 0 radical (unpaired) electrons. The maximum atomic E-state index is 11.0. The number of thioether (sulfide) groups is 1. The summed E-state index contributed by atoms with van der Waals surface area (Å²) >= 11 is 2.04. The van der Waals surface area contributed by atoms with Crippen molar-refractivity contribution in [1.29, 1.82) is 0 Å². The minimum absolute atomic E-state index is 0.0802. The molecule has 0 bridgehead atoms. The summed E-state index contributed by atoms with van der Waals surface area (Å²) in [6.45, 7) is 2.67. The lowest BCUT2D eigenvalue weighted by atomic mass is 10.2. The SMILES string of the molecule is CCSC1CCC(NCC(=O)NC)C1. The second kappa shape index (κ2) is 6.30. The molecule has 82 valence electrons. The van der Waals surface area contributed by atoms with Crippen LogP contribution in [0.2, 0.25) is 0 Å². The third kappa shape index (κ3) is 3.88. The smallest absolute Gasteiger partial charge is 0.233 e. The van der Waals surface area contributed by atoms with Crippen LogP contribution >= 0.6 is 11.8 Å². The average molecular weight is 216 g/mol. The molecule has 2 atom stereocenters. The molecule has 0 spiro atoms. The Labute approximate surface area is 90.4 Å². The third-order valence-electron chi connectivity index (χ3n) is 2.62. The van der Waals surface area contributed by atoms with Gasteiger partial charge in [-0.05, 0) is 25.0 Å². The number of likely N-dealkylation sites (N-methyl/N-ethyl adjacent to an activating group) is 1. The predicted octanol–water partition coefficient (Wildman–Crippen LogP) is 0.996. The molecule has 0 aromatic carbocycles. The molecule has 2 unspecified atom stereocenters. The van der Waals surface area contributed by atoms with Gasteiger partial charge in [0.25, 0.3) is 0 Å². The van der Waals surface area contributed by atoms with Gasteiger partial charge in [0.15, 0.2) is 0 Å². The summed E-state index contributed by atoms with van der Waals surface area (Å²) < 4.78 is 0. The molecule has 3 nitrogen and oxygen atoms in total. The zero-order chi connectivity index (χ0) is 10.4. The first kappa shape index (κ1) is 11.9. The number of rotatable bonds is 5. The van der Waals surface area contributed by atoms with Crippen LogP contribution in [0.5, 0.6) is 0 Å². The monoisotopic (exact) mass is 216 g/mol. The van der Waals surface area contributed by atoms with E-state index in [0.29, 0.717) is 12.6 Å². The Morgan fingerprint density at radius 1 is 1.50 bits per heavy atom. The zero-order valence-electron chi connectivity index (χ0n) is 9.01. The molecule has 1 rings (SSSR count). The summed E-state index contributed by atoms with van der Waals surface area (Å²) in [5, 5.41) is 6.72. The van der Waals surface area contributed by atoms with E-state index in [0.717, 1.165) is 5.25 Å². The summed E-state index contributed by atoms with van der Waals surface area (Å²) in [6.07, 6.45) is 3.73. The van der Waals surface area contributed by atoms with Gasteiger partial charge in [0, 0.05) is 18.3 Å². The van der Waals surface area contributed by atoms with Crippen molar-refractivity contribution < 1.29 is 4.79 Å². The molecule has 1 fully saturated rings. The van der Waals surface area contributed by atoms with Crippen LogP contribution in [0.1, 0.15) is 26.2 Å². The van der Waals surface area contributed by atoms with Crippen molar-refractivity contribution in [3.05, 3.63) is 0 Å². The Morgan fingerprint density at radius 3 is 2.93 bits per heavy atom. The molecule has 0 saturated heterocycles. The van der Waals surface area contributed by atoms with E-state index in [1.165, 1.54) is 25.0 Å². The van der Waals surface area contributed by atoms with Crippen molar-refractivity contribution >= 4 is 17.7 Å². The second-order valence-electron chi connectivity index (χ2n) is 3.64. The minimum atomic E-state index is 0.0802. The summed E-state index contributed by atoms with van der Waals surface area (Å²) in [5.41, 5.74) is 0. The fraction of sp³-hybridized carbons (Fsp3) is 0.900. The number of hydrogen-bond donors (Lipinski definition) is 2. The van der Waals surface area contributed by atoms with E-state index in [9.17, 15) is 4.79 Å². The topological polar surface area (TPSA) is 41.1 Å². The van der Waals surface area contributed by atoms with Crippen molar-refractivity contribution in [2.24, 2.45) is 0 Å². The maximum absolute atomic E-state index is 11.0. The first-order valence-corrected chi connectivity index (χ1v) is 6.36. The first-order valence-electron chi connectivity index (χ1n) is 5.31. The Kier molecular flexibility index (Phi) is 5.33. The largest absolute Gasteiger partial charge is 0.358 e. The van der Waals surface area contributed by atoms with Gasteiger partial charge in [0.2, 0.25) is 5.91 Å². The van der Waals surface area contributed by atoms with Gasteiger partial charge in [-0.25, -0.2) is 0 Å². The standard InChI is InChI=1S/C10H20N2OS/c1-3-14-9-5-4-8(6-9)12-7-10(13)11-2/h8-9,12H,3-7H2,1-2H3,(H,11,13). The van der Waals surface area contributed by atoms with Gasteiger partial charge in [0.05, 0.1) is 6.54 Å². The van der Waals surface area contributed by atoms with Crippen LogP contribution in [0.3, 0.4) is 0 Å². The summed E-state index contributed by atoms with van der Waals surface area (Å²) in [4.78, 5) is 11.0. The lowest BCUT2D eigenvalue weighted by Gasteiger charge is -2.11. The fourth-order valence-corrected chi connectivity index (χ4v) is 2.98. The van der Waals surface area contributed by atoms with Gasteiger partial charge in [0.1, 0.15) is 0 Å². The van der Waals surface area contributed by atoms with Crippen molar-refractivity contribution in [3.8, 4) is 0 Å². The minimum Gasteiger partial charge on any atom is -0.358 e. The molecule has 1 aliphatic carbocycles. The summed E-state index contributed by atoms with van der Waals surface area (Å²) in [5.74, 6) is 1.28. The van der Waals surface area contributed by atoms with E-state index in [1.54, 1.807) is 7.05 Å². The molecule has 0 aliphatic heterocycles. The van der Waals surface area contributed by atoms with Gasteiger partial charge >= 0.3 is 0 Å². The van der Waals surface area contributed by atoms with Crippen LogP contribution < -0.4 is 10.6 Å². The number of amides is 1. The summed E-state index contributed by atoms with van der Waals surface area (Å²) in [6, 6.07) is 0.552. The van der Waals surface area contributed by atoms with E-state index >= 15 is 0 Å². The molecule has 0 aromatic rings. The number of carbonyl (C=O) groups excluding carboxylic acids is 1. The summed E-state index contributed by atoms with van der Waals surface area (Å²) in [7, 11) is 1.68. The van der Waals surface area contributed by atoms with Gasteiger partial charge in [-0.15, -0.1) is 0 Å². The number of hydrogen-bond acceptors (Lipinski definition) is 3. The van der Waals surface area contributed by atoms with E-state index in [1.807, 2.05) is 11.8 Å². The molecule has 1 amide bonds. The van der Waals surface area contributed by atoms with Crippen LogP contribution in [0.15, 0.2) is 0 Å². The maximum Gasteiger partial charge on any atom is 0.233 e. The van der Waals surface area contributed by atoms with E-state index < -0.39 is 0 Å². The quantitative estimate of drug-likeness (QED) is 0.720. The van der Waals surface area contributed by atoms with Gasteiger partial charge in [-0.3, -0.25) is 4.79 Å². The van der Waals surface area contributed by atoms with Crippen LogP contribution in [0.25, 0.3) is 0 Å². The molecule has 2 N–H and O–H groups in total. The van der Waals surface area contributed by atoms with Crippen LogP contribution in [-0.2, 0) is 4.79 Å². The van der Waals surface area contributed by atoms with Gasteiger partial charge in [-0.2, -0.15) is 11.8 Å². The first-order chi connectivity index (χ1) is 6.76. The van der Waals surface area contributed by atoms with Gasteiger partial charge in [-0.1, -0.05) is 6.92 Å². The highest BCUT2D eigenvalue weighted by molar-refractivity contribution is 7.99. The lowest BCUT2D eigenvalue weighted by molar-refractivity contribution is -0.119. The highest BCUT2D eigenvalue weighted by Gasteiger charge is 2.24. The van der Waals surface area contributed by atoms with Crippen LogP contribution in [-0.4, -0.2) is 36.5 Å². The molecule has 0 aromatic heterocycles. The molecular weight excluding hydrogens is 196 g/mol. The highest BCUT2D eigenvalue weighted by Crippen LogP contribution is 2.29. The number of carbonyl (C=O) groups is 1. The Bertz CT molecular complexity index is 187. The molecule has 0 heterocycles. The lowest BCUT2D eigenvalue weighted by Crippen LogP contribution is -2.36. The van der Waals surface area contributed by atoms with Crippen molar-refractivity contribution in [3.63, 3.8) is 0 Å². The average Bonchev–Trinajstić information content (AvgIpc) is 2.63. The Hall–Kier alpha value is -0.220. The van der Waals surface area contributed by atoms with Crippen LogP contribution in [0.4, 0.5) is 0 Å². The molecular formula is C10H20N2OS. The highest BCUT2D eigenvalue weighted by atomic mass is 32.2. The van der Waals surface area contributed by atoms with E-state index in [4.69, 9.17) is 0 Å². The molecule has 4 heteroatoms. The van der Waals surface area contributed by atoms with Crippen molar-refractivity contribution in [2.45, 2.75) is 37.5 Å². The van der Waals surface area contributed by atoms with E-state index in [2.05, 4.69) is 17.6 Å². The molecule has 1 saturated carbocycles. The van der Waals surface area contributed by atoms with Crippen molar-refractivity contribution in [2.75, 3.05) is 19.3 Å². The third-order valence-corrected chi connectivity index (χ3v) is 3.85. The van der Waals surface area contributed by atoms with E-state index in [-0.39, 0.29) is 5.91 Å².